The number of nitrogens with one attached hydrogen (secondary N) is 2. The highest BCUT2D eigenvalue weighted by Crippen LogP contribution is 2.30. The summed E-state index contributed by atoms with van der Waals surface area (Å²) in [5.74, 6) is 0. The number of benzene rings is 2. The van der Waals surface area contributed by atoms with Gasteiger partial charge in [-0.1, -0.05) is 24.3 Å². The highest BCUT2D eigenvalue weighted by molar-refractivity contribution is 7.28. The molecule has 0 fully saturated rings. The fourth-order valence-electron chi connectivity index (χ4n) is 1.65. The Morgan fingerprint density at radius 3 is 2.29 bits per heavy atom. The number of urea groups is 1. The number of anilines is 2. The summed E-state index contributed by atoms with van der Waals surface area (Å²) < 4.78 is 37.9. The Kier molecular flexibility index (Phi) is 4.48. The molecule has 2 aromatic carbocycles. The van der Waals surface area contributed by atoms with Crippen LogP contribution in [0, 0.1) is 0 Å². The van der Waals surface area contributed by atoms with Crippen molar-refractivity contribution in [2.75, 3.05) is 10.6 Å². The number of amides is 2. The van der Waals surface area contributed by atoms with E-state index in [1.807, 2.05) is 0 Å². The van der Waals surface area contributed by atoms with Crippen molar-refractivity contribution in [3.05, 3.63) is 54.1 Å². The summed E-state index contributed by atoms with van der Waals surface area (Å²) in [4.78, 5) is 11.8. The minimum absolute atomic E-state index is 0.0863. The fraction of sp³-hybridized carbons (Fsp3) is 0.0714. The smallest absolute Gasteiger partial charge is 0.308 e. The number of carbonyl (C=O) groups excluding carboxylic acids is 1. The van der Waals surface area contributed by atoms with Gasteiger partial charge in [-0.15, -0.1) is 9.24 Å². The Hall–Kier alpha value is -2.07. The molecule has 2 aromatic rings. The molecule has 0 aliphatic rings. The minimum Gasteiger partial charge on any atom is -0.308 e. The molecule has 0 aliphatic carbocycles. The second-order valence-corrected chi connectivity index (χ2v) is 4.87. The predicted molar refractivity (Wildman–Crippen MR) is 79.9 cm³/mol. The summed E-state index contributed by atoms with van der Waals surface area (Å²) in [6.07, 6.45) is -4.45. The highest BCUT2D eigenvalue weighted by Gasteiger charge is 2.30. The van der Waals surface area contributed by atoms with E-state index >= 15 is 0 Å². The van der Waals surface area contributed by atoms with E-state index in [4.69, 9.17) is 0 Å². The number of alkyl halides is 3. The first-order valence-corrected chi connectivity index (χ1v) is 6.54. The van der Waals surface area contributed by atoms with Crippen molar-refractivity contribution in [1.29, 1.82) is 0 Å². The molecule has 0 spiro atoms. The van der Waals surface area contributed by atoms with E-state index in [-0.39, 0.29) is 5.69 Å². The number of hydrogen-bond acceptors (Lipinski definition) is 1. The average Bonchev–Trinajstić information content (AvgIpc) is 2.41. The lowest BCUT2D eigenvalue weighted by atomic mass is 10.2. The lowest BCUT2D eigenvalue weighted by Crippen LogP contribution is -2.22. The first-order chi connectivity index (χ1) is 9.86. The van der Waals surface area contributed by atoms with Gasteiger partial charge < -0.3 is 10.6 Å². The summed E-state index contributed by atoms with van der Waals surface area (Å²) in [6.45, 7) is 0. The summed E-state index contributed by atoms with van der Waals surface area (Å²) in [6, 6.07) is 11.1. The number of para-hydroxylation sites is 1. The van der Waals surface area contributed by atoms with Gasteiger partial charge in [0.2, 0.25) is 0 Å². The number of halogens is 3. The molecule has 0 aliphatic heterocycles. The molecule has 2 amide bonds. The van der Waals surface area contributed by atoms with Gasteiger partial charge in [-0.25, -0.2) is 4.79 Å². The zero-order valence-corrected chi connectivity index (χ0v) is 11.9. The molecular weight excluding hydrogens is 300 g/mol. The number of carbonyl (C=O) groups is 1. The van der Waals surface area contributed by atoms with Crippen LogP contribution in [0.1, 0.15) is 5.56 Å². The summed E-state index contributed by atoms with van der Waals surface area (Å²) >= 11 is 0. The molecular formula is C14H12F3N2OP. The Morgan fingerprint density at radius 2 is 1.67 bits per heavy atom. The van der Waals surface area contributed by atoms with E-state index in [1.54, 1.807) is 30.3 Å². The largest absolute Gasteiger partial charge is 0.416 e. The number of rotatable bonds is 2. The van der Waals surface area contributed by atoms with Crippen LogP contribution < -0.4 is 15.9 Å². The van der Waals surface area contributed by atoms with Crippen molar-refractivity contribution in [1.82, 2.24) is 0 Å². The van der Waals surface area contributed by atoms with E-state index in [0.29, 0.717) is 11.0 Å². The topological polar surface area (TPSA) is 41.1 Å². The quantitative estimate of drug-likeness (QED) is 0.813. The van der Waals surface area contributed by atoms with Gasteiger partial charge in [-0.05, 0) is 29.6 Å². The van der Waals surface area contributed by atoms with Gasteiger partial charge >= 0.3 is 12.2 Å². The van der Waals surface area contributed by atoms with E-state index in [9.17, 15) is 18.0 Å². The zero-order chi connectivity index (χ0) is 15.5. The monoisotopic (exact) mass is 312 g/mol. The Bertz CT molecular complexity index is 644. The highest BCUT2D eigenvalue weighted by atomic mass is 31.0. The third-order valence-corrected chi connectivity index (χ3v) is 3.16. The van der Waals surface area contributed by atoms with Crippen molar-refractivity contribution < 1.29 is 18.0 Å². The normalized spacial score (nSPS) is 11.0. The SMILES string of the molecule is O=C(Nc1ccccc1)Nc1cc(C(F)(F)F)ccc1P. The molecule has 3 nitrogen and oxygen atoms in total. The van der Waals surface area contributed by atoms with Crippen LogP contribution in [-0.4, -0.2) is 6.03 Å². The van der Waals surface area contributed by atoms with Crippen LogP contribution in [0.15, 0.2) is 48.5 Å². The van der Waals surface area contributed by atoms with Gasteiger partial charge in [-0.3, -0.25) is 0 Å². The van der Waals surface area contributed by atoms with E-state index in [2.05, 4.69) is 19.9 Å². The lowest BCUT2D eigenvalue weighted by Gasteiger charge is -2.13. The molecule has 2 rings (SSSR count). The predicted octanol–water partition coefficient (Wildman–Crippen LogP) is 3.85. The van der Waals surface area contributed by atoms with E-state index in [0.717, 1.165) is 12.1 Å². The van der Waals surface area contributed by atoms with E-state index < -0.39 is 17.8 Å². The molecule has 1 unspecified atom stereocenters. The molecule has 0 radical (unpaired) electrons. The average molecular weight is 312 g/mol. The third kappa shape index (κ3) is 4.20. The molecule has 1 atom stereocenters. The Balaban J connectivity index is 2.14. The third-order valence-electron chi connectivity index (χ3n) is 2.66. The van der Waals surface area contributed by atoms with Crippen molar-refractivity contribution in [2.24, 2.45) is 0 Å². The second-order valence-electron chi connectivity index (χ2n) is 4.24. The molecule has 0 heterocycles. The summed E-state index contributed by atoms with van der Waals surface area (Å²) in [7, 11) is 2.28. The van der Waals surface area contributed by atoms with Crippen LogP contribution in [0.25, 0.3) is 0 Å². The van der Waals surface area contributed by atoms with Crippen molar-refractivity contribution in [3.63, 3.8) is 0 Å². The van der Waals surface area contributed by atoms with Gasteiger partial charge in [0.15, 0.2) is 0 Å². The van der Waals surface area contributed by atoms with Crippen molar-refractivity contribution >= 4 is 32.0 Å². The van der Waals surface area contributed by atoms with Crippen LogP contribution in [0.2, 0.25) is 0 Å². The molecule has 0 bridgehead atoms. The first-order valence-electron chi connectivity index (χ1n) is 5.96. The minimum atomic E-state index is -4.45. The van der Waals surface area contributed by atoms with Gasteiger partial charge in [-0.2, -0.15) is 13.2 Å². The standard InChI is InChI=1S/C14H12F3N2OP/c15-14(16,17)9-6-7-12(21)11(8-9)19-13(20)18-10-4-2-1-3-5-10/h1-8H,21H2,(H2,18,19,20). The Morgan fingerprint density at radius 1 is 1.00 bits per heavy atom. The summed E-state index contributed by atoms with van der Waals surface area (Å²) in [5, 5.41) is 5.40. The van der Waals surface area contributed by atoms with Gasteiger partial charge in [0, 0.05) is 5.69 Å². The molecule has 21 heavy (non-hydrogen) atoms. The second kappa shape index (κ2) is 6.14. The molecule has 0 saturated carbocycles. The first kappa shape index (κ1) is 15.3. The van der Waals surface area contributed by atoms with Crippen molar-refractivity contribution in [2.45, 2.75) is 6.18 Å². The van der Waals surface area contributed by atoms with Crippen LogP contribution in [-0.2, 0) is 6.18 Å². The maximum absolute atomic E-state index is 12.6. The fourth-order valence-corrected chi connectivity index (χ4v) is 1.90. The van der Waals surface area contributed by atoms with Crippen LogP contribution in [0.5, 0.6) is 0 Å². The van der Waals surface area contributed by atoms with Crippen LogP contribution in [0.3, 0.4) is 0 Å². The van der Waals surface area contributed by atoms with E-state index in [1.165, 1.54) is 6.07 Å². The van der Waals surface area contributed by atoms with Crippen molar-refractivity contribution in [3.8, 4) is 0 Å². The maximum Gasteiger partial charge on any atom is 0.416 e. The molecule has 0 aromatic heterocycles. The summed E-state index contributed by atoms with van der Waals surface area (Å²) in [5.41, 5.74) is -0.181. The number of hydrogen-bond donors (Lipinski definition) is 2. The Labute approximate surface area is 121 Å². The lowest BCUT2D eigenvalue weighted by molar-refractivity contribution is -0.137. The molecule has 2 N–H and O–H groups in total. The van der Waals surface area contributed by atoms with Gasteiger partial charge in [0.05, 0.1) is 11.3 Å². The molecule has 110 valence electrons. The van der Waals surface area contributed by atoms with Gasteiger partial charge in [0.1, 0.15) is 0 Å². The zero-order valence-electron chi connectivity index (χ0n) is 10.7. The molecule has 0 saturated heterocycles. The molecule has 7 heteroatoms. The van der Waals surface area contributed by atoms with Crippen LogP contribution in [0.4, 0.5) is 29.3 Å². The van der Waals surface area contributed by atoms with Gasteiger partial charge in [0.25, 0.3) is 0 Å². The van der Waals surface area contributed by atoms with Crippen LogP contribution >= 0.6 is 9.24 Å². The maximum atomic E-state index is 12.6.